The molecular formula is C23H18F3N3O. The van der Waals surface area contributed by atoms with Gasteiger partial charge in [0.25, 0.3) is 0 Å². The van der Waals surface area contributed by atoms with Gasteiger partial charge < -0.3 is 15.6 Å². The number of hydrogen-bond acceptors (Lipinski definition) is 1. The lowest BCUT2D eigenvalue weighted by molar-refractivity contribution is -0.140. The van der Waals surface area contributed by atoms with E-state index in [4.69, 9.17) is 0 Å². The molecule has 0 saturated carbocycles. The van der Waals surface area contributed by atoms with Crippen molar-refractivity contribution in [3.63, 3.8) is 0 Å². The maximum Gasteiger partial charge on any atom is 0.431 e. The van der Waals surface area contributed by atoms with Crippen molar-refractivity contribution in [3.05, 3.63) is 102 Å². The fraction of sp³-hybridized carbons (Fsp3) is 0.0870. The van der Waals surface area contributed by atoms with Crippen molar-refractivity contribution in [1.29, 1.82) is 0 Å². The Morgan fingerprint density at radius 2 is 1.43 bits per heavy atom. The van der Waals surface area contributed by atoms with Crippen LogP contribution in [-0.2, 0) is 6.18 Å². The van der Waals surface area contributed by atoms with Crippen LogP contribution in [0.1, 0.15) is 22.9 Å². The number of urea groups is 1. The summed E-state index contributed by atoms with van der Waals surface area (Å²) in [5, 5.41) is 6.01. The van der Waals surface area contributed by atoms with Gasteiger partial charge in [-0.25, -0.2) is 4.79 Å². The molecule has 0 radical (unpaired) electrons. The van der Waals surface area contributed by atoms with Gasteiger partial charge in [0, 0.05) is 16.6 Å². The van der Waals surface area contributed by atoms with Crippen molar-refractivity contribution in [1.82, 2.24) is 10.3 Å². The molecule has 4 aromatic rings. The first-order valence-electron chi connectivity index (χ1n) is 9.27. The van der Waals surface area contributed by atoms with Gasteiger partial charge in [-0.3, -0.25) is 0 Å². The van der Waals surface area contributed by atoms with Crippen molar-refractivity contribution in [2.75, 3.05) is 5.32 Å². The number of rotatable bonds is 4. The van der Waals surface area contributed by atoms with Crippen molar-refractivity contribution in [2.45, 2.75) is 12.2 Å². The van der Waals surface area contributed by atoms with Gasteiger partial charge in [-0.05, 0) is 35.4 Å². The van der Waals surface area contributed by atoms with E-state index in [0.717, 1.165) is 17.2 Å². The second kappa shape index (κ2) is 7.94. The van der Waals surface area contributed by atoms with Crippen LogP contribution in [0, 0.1) is 0 Å². The minimum atomic E-state index is -4.46. The van der Waals surface area contributed by atoms with E-state index < -0.39 is 17.9 Å². The lowest BCUT2D eigenvalue weighted by Gasteiger charge is -2.20. The van der Waals surface area contributed by atoms with Gasteiger partial charge >= 0.3 is 12.2 Å². The van der Waals surface area contributed by atoms with E-state index in [-0.39, 0.29) is 6.04 Å². The first kappa shape index (κ1) is 19.6. The minimum absolute atomic E-state index is 0.347. The number of fused-ring (bicyclic) bond motifs is 1. The van der Waals surface area contributed by atoms with E-state index in [1.54, 1.807) is 6.07 Å². The fourth-order valence-electron chi connectivity index (χ4n) is 3.31. The molecule has 3 N–H and O–H groups in total. The van der Waals surface area contributed by atoms with Crippen LogP contribution in [0.15, 0.2) is 84.9 Å². The number of hydrogen-bond donors (Lipinski definition) is 3. The van der Waals surface area contributed by atoms with E-state index in [9.17, 15) is 18.0 Å². The van der Waals surface area contributed by atoms with Crippen LogP contribution in [-0.4, -0.2) is 11.0 Å². The van der Waals surface area contributed by atoms with Crippen molar-refractivity contribution in [2.24, 2.45) is 0 Å². The maximum absolute atomic E-state index is 12.9. The highest BCUT2D eigenvalue weighted by atomic mass is 19.4. The maximum atomic E-state index is 12.9. The van der Waals surface area contributed by atoms with Gasteiger partial charge in [0.15, 0.2) is 0 Å². The summed E-state index contributed by atoms with van der Waals surface area (Å²) in [7, 11) is 0. The summed E-state index contributed by atoms with van der Waals surface area (Å²) in [5.74, 6) is 0. The lowest BCUT2D eigenvalue weighted by Crippen LogP contribution is -2.33. The highest BCUT2D eigenvalue weighted by molar-refractivity contribution is 5.93. The molecule has 2 amide bonds. The number of benzene rings is 3. The zero-order chi connectivity index (χ0) is 21.1. The third-order valence-corrected chi connectivity index (χ3v) is 4.73. The third kappa shape index (κ3) is 4.30. The molecule has 0 aliphatic rings. The Bertz CT molecular complexity index is 1120. The Morgan fingerprint density at radius 3 is 2.00 bits per heavy atom. The SMILES string of the molecule is O=C(Nc1ccc2[nH]c(C(F)(F)F)cc2c1)NC(c1ccccc1)c1ccccc1. The third-order valence-electron chi connectivity index (χ3n) is 4.73. The van der Waals surface area contributed by atoms with Crippen molar-refractivity contribution < 1.29 is 18.0 Å². The lowest BCUT2D eigenvalue weighted by atomic mass is 9.99. The summed E-state index contributed by atoms with van der Waals surface area (Å²) in [4.78, 5) is 15.0. The number of nitrogens with one attached hydrogen (secondary N) is 3. The molecule has 7 heteroatoms. The van der Waals surface area contributed by atoms with Crippen LogP contribution in [0.3, 0.4) is 0 Å². The zero-order valence-corrected chi connectivity index (χ0v) is 15.7. The molecule has 4 rings (SSSR count). The molecule has 0 unspecified atom stereocenters. The molecule has 0 bridgehead atoms. The predicted molar refractivity (Wildman–Crippen MR) is 110 cm³/mol. The molecule has 4 nitrogen and oxygen atoms in total. The molecule has 0 fully saturated rings. The van der Waals surface area contributed by atoms with Crippen LogP contribution in [0.5, 0.6) is 0 Å². The van der Waals surface area contributed by atoms with Crippen LogP contribution in [0.2, 0.25) is 0 Å². The summed E-state index contributed by atoms with van der Waals surface area (Å²) in [5.41, 5.74) is 1.74. The van der Waals surface area contributed by atoms with Gasteiger partial charge in [-0.15, -0.1) is 0 Å². The number of alkyl halides is 3. The number of amides is 2. The zero-order valence-electron chi connectivity index (χ0n) is 15.7. The monoisotopic (exact) mass is 409 g/mol. The quantitative estimate of drug-likeness (QED) is 0.375. The number of H-pyrrole nitrogens is 1. The molecule has 152 valence electrons. The van der Waals surface area contributed by atoms with Crippen LogP contribution in [0.4, 0.5) is 23.7 Å². The van der Waals surface area contributed by atoms with Gasteiger partial charge in [-0.1, -0.05) is 60.7 Å². The molecule has 0 aliphatic carbocycles. The molecule has 0 atom stereocenters. The Balaban J connectivity index is 1.55. The van der Waals surface area contributed by atoms with E-state index in [1.807, 2.05) is 60.7 Å². The van der Waals surface area contributed by atoms with Gasteiger partial charge in [0.2, 0.25) is 0 Å². The summed E-state index contributed by atoms with van der Waals surface area (Å²) < 4.78 is 38.7. The standard InChI is InChI=1S/C23H18F3N3O/c24-23(25,26)20-14-17-13-18(11-12-19(17)28-20)27-22(30)29-21(15-7-3-1-4-8-15)16-9-5-2-6-10-16/h1-14,21,28H,(H2,27,29,30). The van der Waals surface area contributed by atoms with E-state index in [1.165, 1.54) is 12.1 Å². The second-order valence-electron chi connectivity index (χ2n) is 6.84. The van der Waals surface area contributed by atoms with Gasteiger partial charge in [0.05, 0.1) is 6.04 Å². The first-order chi connectivity index (χ1) is 14.4. The van der Waals surface area contributed by atoms with Crippen LogP contribution >= 0.6 is 0 Å². The largest absolute Gasteiger partial charge is 0.431 e. The Labute approximate surface area is 170 Å². The normalized spacial score (nSPS) is 11.6. The highest BCUT2D eigenvalue weighted by Crippen LogP contribution is 2.32. The van der Waals surface area contributed by atoms with Crippen molar-refractivity contribution in [3.8, 4) is 0 Å². The molecule has 1 aromatic heterocycles. The average molecular weight is 409 g/mol. The first-order valence-corrected chi connectivity index (χ1v) is 9.27. The van der Waals surface area contributed by atoms with Crippen LogP contribution < -0.4 is 10.6 Å². The van der Waals surface area contributed by atoms with E-state index >= 15 is 0 Å². The summed E-state index contributed by atoms with van der Waals surface area (Å²) >= 11 is 0. The smallest absolute Gasteiger partial charge is 0.351 e. The molecule has 3 aromatic carbocycles. The number of carbonyl (C=O) groups excluding carboxylic acids is 1. The second-order valence-corrected chi connectivity index (χ2v) is 6.84. The number of anilines is 1. The molecule has 30 heavy (non-hydrogen) atoms. The summed E-state index contributed by atoms with van der Waals surface area (Å²) in [6, 6.07) is 23.8. The minimum Gasteiger partial charge on any atom is -0.351 e. The summed E-state index contributed by atoms with van der Waals surface area (Å²) in [6.07, 6.45) is -4.46. The average Bonchev–Trinajstić information content (AvgIpc) is 3.17. The molecule has 1 heterocycles. The Morgan fingerprint density at radius 1 is 0.833 bits per heavy atom. The highest BCUT2D eigenvalue weighted by Gasteiger charge is 2.32. The van der Waals surface area contributed by atoms with Gasteiger partial charge in [0.1, 0.15) is 5.69 Å². The molecule has 0 spiro atoms. The van der Waals surface area contributed by atoms with Crippen molar-refractivity contribution >= 4 is 22.6 Å². The van der Waals surface area contributed by atoms with E-state index in [2.05, 4.69) is 15.6 Å². The van der Waals surface area contributed by atoms with Crippen LogP contribution in [0.25, 0.3) is 10.9 Å². The number of halogens is 3. The number of aromatic nitrogens is 1. The Kier molecular flexibility index (Phi) is 5.18. The number of carbonyl (C=O) groups is 1. The fourth-order valence-corrected chi connectivity index (χ4v) is 3.31. The topological polar surface area (TPSA) is 56.9 Å². The van der Waals surface area contributed by atoms with E-state index in [0.29, 0.717) is 16.6 Å². The Hall–Kier alpha value is -3.74. The molecular weight excluding hydrogens is 391 g/mol. The molecule has 0 aliphatic heterocycles. The van der Waals surface area contributed by atoms with Gasteiger partial charge in [-0.2, -0.15) is 13.2 Å². The number of aromatic amines is 1. The predicted octanol–water partition coefficient (Wildman–Crippen LogP) is 6.10. The molecule has 0 saturated heterocycles. The summed E-state index contributed by atoms with van der Waals surface area (Å²) in [6.45, 7) is 0.